The molecular formula is C22H29FN4O3. The van der Waals surface area contributed by atoms with Crippen molar-refractivity contribution >= 4 is 17.6 Å². The second kappa shape index (κ2) is 12.4. The van der Waals surface area contributed by atoms with Crippen molar-refractivity contribution in [2.75, 3.05) is 38.7 Å². The molecule has 0 aromatic heterocycles. The maximum absolute atomic E-state index is 13.2. The molecule has 2 aromatic rings. The van der Waals surface area contributed by atoms with Crippen LogP contribution in [-0.4, -0.2) is 45.3 Å². The molecule has 2 rings (SSSR count). The predicted molar refractivity (Wildman–Crippen MR) is 116 cm³/mol. The number of nitrogens with zero attached hydrogens (tertiary/aromatic N) is 1. The van der Waals surface area contributed by atoms with Crippen LogP contribution in [0.1, 0.15) is 18.1 Å². The third kappa shape index (κ3) is 8.08. The minimum Gasteiger partial charge on any atom is -0.491 e. The molecule has 0 aliphatic rings. The van der Waals surface area contributed by atoms with Gasteiger partial charge >= 0.3 is 0 Å². The lowest BCUT2D eigenvalue weighted by molar-refractivity contribution is -0.115. The van der Waals surface area contributed by atoms with Gasteiger partial charge in [0.15, 0.2) is 5.96 Å². The molecule has 0 saturated carbocycles. The lowest BCUT2D eigenvalue weighted by Crippen LogP contribution is -2.41. The molecule has 3 N–H and O–H groups in total. The summed E-state index contributed by atoms with van der Waals surface area (Å²) in [5.41, 5.74) is 2.46. The number of halogens is 1. The van der Waals surface area contributed by atoms with Crippen LogP contribution in [0, 0.1) is 12.7 Å². The molecule has 0 atom stereocenters. The number of nitrogens with one attached hydrogen (secondary N) is 3. The van der Waals surface area contributed by atoms with Crippen LogP contribution in [0.15, 0.2) is 47.5 Å². The van der Waals surface area contributed by atoms with E-state index in [1.165, 1.54) is 18.2 Å². The molecular weight excluding hydrogens is 387 g/mol. The zero-order valence-electron chi connectivity index (χ0n) is 17.6. The van der Waals surface area contributed by atoms with Crippen LogP contribution < -0.4 is 20.7 Å². The molecule has 0 bridgehead atoms. The highest BCUT2D eigenvalue weighted by Crippen LogP contribution is 2.20. The van der Waals surface area contributed by atoms with E-state index in [0.717, 1.165) is 16.9 Å². The fourth-order valence-electron chi connectivity index (χ4n) is 2.63. The van der Waals surface area contributed by atoms with Crippen molar-refractivity contribution in [2.45, 2.75) is 20.4 Å². The van der Waals surface area contributed by atoms with Gasteiger partial charge in [-0.05, 0) is 43.7 Å². The van der Waals surface area contributed by atoms with E-state index in [4.69, 9.17) is 9.47 Å². The maximum Gasteiger partial charge on any atom is 0.243 e. The average molecular weight is 416 g/mol. The summed E-state index contributed by atoms with van der Waals surface area (Å²) in [6.45, 7) is 6.05. The third-order valence-electron chi connectivity index (χ3n) is 4.11. The summed E-state index contributed by atoms with van der Waals surface area (Å²) >= 11 is 0. The Morgan fingerprint density at radius 2 is 1.97 bits per heavy atom. The summed E-state index contributed by atoms with van der Waals surface area (Å²) in [6, 6.07) is 11.7. The summed E-state index contributed by atoms with van der Waals surface area (Å²) < 4.78 is 24.4. The molecule has 0 radical (unpaired) electrons. The molecule has 0 aliphatic carbocycles. The van der Waals surface area contributed by atoms with E-state index in [9.17, 15) is 9.18 Å². The summed E-state index contributed by atoms with van der Waals surface area (Å²) in [5, 5.41) is 8.73. The summed E-state index contributed by atoms with van der Waals surface area (Å²) in [4.78, 5) is 16.2. The lowest BCUT2D eigenvalue weighted by Gasteiger charge is -2.15. The van der Waals surface area contributed by atoms with Crippen LogP contribution in [0.5, 0.6) is 5.75 Å². The Bertz CT molecular complexity index is 858. The number of hydrogen-bond donors (Lipinski definition) is 3. The topological polar surface area (TPSA) is 84.0 Å². The number of carbonyl (C=O) groups is 1. The standard InChI is InChI=1S/C22H29FN4O3/c1-4-29-10-11-30-20-12-16(2)8-9-17(20)14-25-22(24-3)26-15-21(28)27-19-7-5-6-18(23)13-19/h5-9,12-13H,4,10-11,14-15H2,1-3H3,(H,27,28)(H2,24,25,26). The highest BCUT2D eigenvalue weighted by Gasteiger charge is 2.08. The molecule has 1 amide bonds. The van der Waals surface area contributed by atoms with Crippen LogP contribution in [-0.2, 0) is 16.1 Å². The zero-order chi connectivity index (χ0) is 21.8. The minimum atomic E-state index is -0.407. The van der Waals surface area contributed by atoms with E-state index in [0.29, 0.717) is 38.0 Å². The second-order valence-electron chi connectivity index (χ2n) is 6.49. The number of aryl methyl sites for hydroxylation is 1. The van der Waals surface area contributed by atoms with Gasteiger partial charge in [0.2, 0.25) is 5.91 Å². The van der Waals surface area contributed by atoms with Gasteiger partial charge in [-0.1, -0.05) is 18.2 Å². The molecule has 0 heterocycles. The minimum absolute atomic E-state index is 0.0121. The predicted octanol–water partition coefficient (Wildman–Crippen LogP) is 2.85. The van der Waals surface area contributed by atoms with E-state index in [-0.39, 0.29) is 12.5 Å². The first-order valence-corrected chi connectivity index (χ1v) is 9.81. The fraction of sp³-hybridized carbons (Fsp3) is 0.364. The summed E-state index contributed by atoms with van der Waals surface area (Å²) in [5.74, 6) is 0.529. The molecule has 8 heteroatoms. The van der Waals surface area contributed by atoms with E-state index >= 15 is 0 Å². The fourth-order valence-corrected chi connectivity index (χ4v) is 2.63. The van der Waals surface area contributed by atoms with Crippen molar-refractivity contribution in [2.24, 2.45) is 4.99 Å². The average Bonchev–Trinajstić information content (AvgIpc) is 2.72. The number of hydrogen-bond acceptors (Lipinski definition) is 4. The smallest absolute Gasteiger partial charge is 0.243 e. The number of guanidine groups is 1. The van der Waals surface area contributed by atoms with Gasteiger partial charge in [-0.25, -0.2) is 4.39 Å². The first-order chi connectivity index (χ1) is 14.5. The Morgan fingerprint density at radius 1 is 1.13 bits per heavy atom. The maximum atomic E-state index is 13.2. The van der Waals surface area contributed by atoms with Crippen molar-refractivity contribution in [3.05, 3.63) is 59.4 Å². The van der Waals surface area contributed by atoms with Crippen LogP contribution in [0.3, 0.4) is 0 Å². The zero-order valence-corrected chi connectivity index (χ0v) is 17.6. The van der Waals surface area contributed by atoms with E-state index < -0.39 is 5.82 Å². The van der Waals surface area contributed by atoms with Gasteiger partial charge in [-0.2, -0.15) is 0 Å². The van der Waals surface area contributed by atoms with Crippen molar-refractivity contribution in [1.29, 1.82) is 0 Å². The highest BCUT2D eigenvalue weighted by atomic mass is 19.1. The first-order valence-electron chi connectivity index (χ1n) is 9.81. The van der Waals surface area contributed by atoms with Crippen molar-refractivity contribution < 1.29 is 18.7 Å². The Balaban J connectivity index is 1.85. The molecule has 2 aromatic carbocycles. The number of carbonyl (C=O) groups excluding carboxylic acids is 1. The van der Waals surface area contributed by atoms with Crippen LogP contribution >= 0.6 is 0 Å². The first kappa shape index (κ1) is 23.2. The third-order valence-corrected chi connectivity index (χ3v) is 4.11. The van der Waals surface area contributed by atoms with Gasteiger partial charge in [0.25, 0.3) is 0 Å². The van der Waals surface area contributed by atoms with E-state index in [2.05, 4.69) is 20.9 Å². The number of amides is 1. The number of ether oxygens (including phenoxy) is 2. The molecule has 0 saturated heterocycles. The van der Waals surface area contributed by atoms with Gasteiger partial charge < -0.3 is 25.4 Å². The normalized spacial score (nSPS) is 11.1. The van der Waals surface area contributed by atoms with Gasteiger partial charge in [0, 0.05) is 31.5 Å². The van der Waals surface area contributed by atoms with Crippen LogP contribution in [0.2, 0.25) is 0 Å². The monoisotopic (exact) mass is 416 g/mol. The van der Waals surface area contributed by atoms with Crippen LogP contribution in [0.4, 0.5) is 10.1 Å². The molecule has 30 heavy (non-hydrogen) atoms. The number of anilines is 1. The van der Waals surface area contributed by atoms with Gasteiger partial charge in [0.1, 0.15) is 18.2 Å². The van der Waals surface area contributed by atoms with Gasteiger partial charge in [-0.15, -0.1) is 0 Å². The molecule has 0 unspecified atom stereocenters. The lowest BCUT2D eigenvalue weighted by atomic mass is 10.1. The quantitative estimate of drug-likeness (QED) is 0.315. The molecule has 0 fully saturated rings. The Hall–Kier alpha value is -3.13. The van der Waals surface area contributed by atoms with E-state index in [1.807, 2.05) is 32.0 Å². The van der Waals surface area contributed by atoms with E-state index in [1.54, 1.807) is 13.1 Å². The number of rotatable bonds is 10. The number of benzene rings is 2. The molecule has 0 spiro atoms. The van der Waals surface area contributed by atoms with Crippen LogP contribution in [0.25, 0.3) is 0 Å². The summed E-state index contributed by atoms with van der Waals surface area (Å²) in [6.07, 6.45) is 0. The largest absolute Gasteiger partial charge is 0.491 e. The summed E-state index contributed by atoms with van der Waals surface area (Å²) in [7, 11) is 1.62. The SMILES string of the molecule is CCOCCOc1cc(C)ccc1CNC(=NC)NCC(=O)Nc1cccc(F)c1. The molecule has 162 valence electrons. The van der Waals surface area contributed by atoms with Crippen molar-refractivity contribution in [1.82, 2.24) is 10.6 Å². The van der Waals surface area contributed by atoms with Gasteiger partial charge in [-0.3, -0.25) is 9.79 Å². The second-order valence-corrected chi connectivity index (χ2v) is 6.49. The highest BCUT2D eigenvalue weighted by molar-refractivity contribution is 5.94. The Morgan fingerprint density at radius 3 is 2.70 bits per heavy atom. The Kier molecular flexibility index (Phi) is 9.60. The van der Waals surface area contributed by atoms with Gasteiger partial charge in [0.05, 0.1) is 13.2 Å². The molecule has 0 aliphatic heterocycles. The molecule has 7 nitrogen and oxygen atoms in total. The number of aliphatic imine (C=N–C) groups is 1. The van der Waals surface area contributed by atoms with Crippen molar-refractivity contribution in [3.8, 4) is 5.75 Å². The Labute approximate surface area is 176 Å². The van der Waals surface area contributed by atoms with Crippen molar-refractivity contribution in [3.63, 3.8) is 0 Å².